The minimum absolute atomic E-state index is 0.0815. The molecule has 2 aromatic carbocycles. The van der Waals surface area contributed by atoms with Gasteiger partial charge in [0, 0.05) is 11.8 Å². The molecule has 0 saturated carbocycles. The number of carbonyl (C=O) groups is 2. The normalized spacial score (nSPS) is 11.1. The van der Waals surface area contributed by atoms with Gasteiger partial charge < -0.3 is 9.47 Å². The van der Waals surface area contributed by atoms with Crippen molar-refractivity contribution in [3.8, 4) is 0 Å². The smallest absolute Gasteiger partial charge is 0.307 e. The van der Waals surface area contributed by atoms with E-state index in [0.29, 0.717) is 11.5 Å². The molecule has 0 N–H and O–H groups in total. The molecule has 0 radical (unpaired) electrons. The van der Waals surface area contributed by atoms with Crippen molar-refractivity contribution in [3.63, 3.8) is 0 Å². The van der Waals surface area contributed by atoms with Crippen LogP contribution in [0, 0.1) is 0 Å². The van der Waals surface area contributed by atoms with Crippen molar-refractivity contribution in [2.45, 2.75) is 18.4 Å². The first kappa shape index (κ1) is 18.0. The third kappa shape index (κ3) is 6.40. The molecule has 0 aliphatic carbocycles. The highest BCUT2D eigenvalue weighted by Crippen LogP contribution is 2.27. The van der Waals surface area contributed by atoms with Crippen molar-refractivity contribution in [3.05, 3.63) is 77.4 Å². The van der Waals surface area contributed by atoms with Crippen molar-refractivity contribution in [1.82, 2.24) is 0 Å². The first-order valence-electron chi connectivity index (χ1n) is 7.40. The van der Waals surface area contributed by atoms with Gasteiger partial charge in [0.15, 0.2) is 5.78 Å². The Labute approximate surface area is 145 Å². The van der Waals surface area contributed by atoms with Gasteiger partial charge in [-0.3, -0.25) is 9.59 Å². The largest absolute Gasteiger partial charge is 0.433 e. The van der Waals surface area contributed by atoms with Crippen LogP contribution in [0.5, 0.6) is 0 Å². The van der Waals surface area contributed by atoms with E-state index in [1.54, 1.807) is 0 Å². The monoisotopic (exact) mass is 342 g/mol. The second-order valence-electron chi connectivity index (χ2n) is 4.91. The van der Waals surface area contributed by atoms with E-state index in [1.807, 2.05) is 60.7 Å². The predicted octanol–water partition coefficient (Wildman–Crippen LogP) is 3.97. The highest BCUT2D eigenvalue weighted by atomic mass is 32.2. The molecule has 0 bridgehead atoms. The van der Waals surface area contributed by atoms with Crippen molar-refractivity contribution >= 4 is 23.5 Å². The van der Waals surface area contributed by atoms with E-state index in [1.165, 1.54) is 24.9 Å². The molecule has 0 aliphatic heterocycles. The fraction of sp³-hybridized carbons (Fsp3) is 0.158. The molecule has 0 aromatic heterocycles. The Hall–Kier alpha value is -2.37. The molecular weight excluding hydrogens is 324 g/mol. The summed E-state index contributed by atoms with van der Waals surface area (Å²) < 4.78 is 10.3. The first-order chi connectivity index (χ1) is 11.6. The van der Waals surface area contributed by atoms with Crippen molar-refractivity contribution in [2.75, 3.05) is 6.61 Å². The number of carbonyl (C=O) groups excluding carboxylic acids is 2. The van der Waals surface area contributed by atoms with E-state index >= 15 is 0 Å². The topological polar surface area (TPSA) is 52.6 Å². The second kappa shape index (κ2) is 9.70. The molecule has 4 nitrogen and oxygen atoms in total. The maximum absolute atomic E-state index is 12.3. The lowest BCUT2D eigenvalue weighted by molar-refractivity contribution is -0.135. The van der Waals surface area contributed by atoms with Gasteiger partial charge in [-0.05, 0) is 17.7 Å². The predicted molar refractivity (Wildman–Crippen MR) is 93.3 cm³/mol. The van der Waals surface area contributed by atoms with Crippen LogP contribution in [0.1, 0.15) is 12.5 Å². The lowest BCUT2D eigenvalue weighted by Gasteiger charge is -2.07. The zero-order valence-corrected chi connectivity index (χ0v) is 14.1. The Bertz CT molecular complexity index is 696. The number of thioether (sulfide) groups is 1. The number of rotatable bonds is 8. The molecule has 0 atom stereocenters. The van der Waals surface area contributed by atoms with Gasteiger partial charge in [-0.25, -0.2) is 0 Å². The van der Waals surface area contributed by atoms with Gasteiger partial charge in [0.25, 0.3) is 0 Å². The number of benzene rings is 2. The fourth-order valence-electron chi connectivity index (χ4n) is 1.81. The summed E-state index contributed by atoms with van der Waals surface area (Å²) in [7, 11) is 0. The third-order valence-corrected chi connectivity index (χ3v) is 3.97. The zero-order valence-electron chi connectivity index (χ0n) is 13.3. The van der Waals surface area contributed by atoms with Crippen LogP contribution < -0.4 is 0 Å². The number of hydrogen-bond donors (Lipinski definition) is 0. The van der Waals surface area contributed by atoms with Crippen LogP contribution in [0.15, 0.2) is 76.7 Å². The van der Waals surface area contributed by atoms with E-state index in [2.05, 4.69) is 0 Å². The van der Waals surface area contributed by atoms with Crippen LogP contribution in [0.3, 0.4) is 0 Å². The molecule has 0 amide bonds. The zero-order chi connectivity index (χ0) is 17.2. The van der Waals surface area contributed by atoms with Gasteiger partial charge in [-0.2, -0.15) is 0 Å². The van der Waals surface area contributed by atoms with Gasteiger partial charge in [0.1, 0.15) is 12.9 Å². The van der Waals surface area contributed by atoms with E-state index in [-0.39, 0.29) is 12.4 Å². The summed E-state index contributed by atoms with van der Waals surface area (Å²) in [6.45, 7) is 1.56. The van der Waals surface area contributed by atoms with Crippen LogP contribution in [-0.4, -0.2) is 18.4 Å². The number of Topliss-reactive ketones (excluding diaryl/α,β-unsaturated/α-hetero) is 1. The van der Waals surface area contributed by atoms with E-state index in [0.717, 1.165) is 10.5 Å². The summed E-state index contributed by atoms with van der Waals surface area (Å²) in [5.74, 6) is -0.708. The van der Waals surface area contributed by atoms with Gasteiger partial charge in [-0.15, -0.1) is 0 Å². The first-order valence-corrected chi connectivity index (χ1v) is 8.22. The molecular formula is C19H18O4S. The SMILES string of the molecule is CC(=O)O/C=C(\Sc1ccccc1)C(=O)COCc1ccccc1. The van der Waals surface area contributed by atoms with Gasteiger partial charge in [-0.1, -0.05) is 60.3 Å². The molecule has 0 heterocycles. The highest BCUT2D eigenvalue weighted by molar-refractivity contribution is 8.04. The summed E-state index contributed by atoms with van der Waals surface area (Å²) in [5.41, 5.74) is 0.992. The lowest BCUT2D eigenvalue weighted by Crippen LogP contribution is -2.10. The Morgan fingerprint density at radius 2 is 1.62 bits per heavy atom. The highest BCUT2D eigenvalue weighted by Gasteiger charge is 2.13. The Kier molecular flexibility index (Phi) is 7.26. The number of ether oxygens (including phenoxy) is 2. The van der Waals surface area contributed by atoms with Crippen molar-refractivity contribution in [2.24, 2.45) is 0 Å². The molecule has 124 valence electrons. The Morgan fingerprint density at radius 3 is 2.25 bits per heavy atom. The third-order valence-electron chi connectivity index (χ3n) is 2.92. The summed E-state index contributed by atoms with van der Waals surface area (Å²) in [4.78, 5) is 24.6. The molecule has 2 rings (SSSR count). The minimum Gasteiger partial charge on any atom is -0.433 e. The van der Waals surface area contributed by atoms with Crippen LogP contribution in [0.2, 0.25) is 0 Å². The maximum atomic E-state index is 12.3. The fourth-order valence-corrected chi connectivity index (χ4v) is 2.62. The Morgan fingerprint density at radius 1 is 1.00 bits per heavy atom. The molecule has 0 fully saturated rings. The summed E-state index contributed by atoms with van der Waals surface area (Å²) in [6, 6.07) is 19.0. The molecule has 0 unspecified atom stereocenters. The van der Waals surface area contributed by atoms with E-state index in [9.17, 15) is 9.59 Å². The van der Waals surface area contributed by atoms with Gasteiger partial charge in [0.05, 0.1) is 11.5 Å². The van der Waals surface area contributed by atoms with Gasteiger partial charge >= 0.3 is 5.97 Å². The molecule has 2 aromatic rings. The molecule has 0 aliphatic rings. The lowest BCUT2D eigenvalue weighted by atomic mass is 10.2. The van der Waals surface area contributed by atoms with E-state index in [4.69, 9.17) is 9.47 Å². The minimum atomic E-state index is -0.473. The molecule has 24 heavy (non-hydrogen) atoms. The summed E-state index contributed by atoms with van der Waals surface area (Å²) in [5, 5.41) is 0. The quantitative estimate of drug-likeness (QED) is 0.314. The maximum Gasteiger partial charge on any atom is 0.307 e. The number of hydrogen-bond acceptors (Lipinski definition) is 5. The number of esters is 1. The second-order valence-corrected chi connectivity index (χ2v) is 6.02. The molecule has 0 saturated heterocycles. The van der Waals surface area contributed by atoms with Crippen LogP contribution in [-0.2, 0) is 25.7 Å². The van der Waals surface area contributed by atoms with Crippen LogP contribution in [0.4, 0.5) is 0 Å². The van der Waals surface area contributed by atoms with E-state index < -0.39 is 5.97 Å². The summed E-state index contributed by atoms with van der Waals surface area (Å²) >= 11 is 1.24. The van der Waals surface area contributed by atoms with Crippen LogP contribution >= 0.6 is 11.8 Å². The summed E-state index contributed by atoms with van der Waals surface area (Å²) in [6.07, 6.45) is 1.19. The molecule has 0 spiro atoms. The average molecular weight is 342 g/mol. The number of ketones is 1. The van der Waals surface area contributed by atoms with Gasteiger partial charge in [0.2, 0.25) is 0 Å². The van der Waals surface area contributed by atoms with Crippen LogP contribution in [0.25, 0.3) is 0 Å². The average Bonchev–Trinajstić information content (AvgIpc) is 2.60. The van der Waals surface area contributed by atoms with Crippen molar-refractivity contribution in [1.29, 1.82) is 0 Å². The molecule has 5 heteroatoms. The Balaban J connectivity index is 1.96. The van der Waals surface area contributed by atoms with Crippen molar-refractivity contribution < 1.29 is 19.1 Å². The standard InChI is InChI=1S/C19H18O4S/c1-15(20)23-14-19(24-17-10-6-3-7-11-17)18(21)13-22-12-16-8-4-2-5-9-16/h2-11,14H,12-13H2,1H3/b19-14-.